The van der Waals surface area contributed by atoms with E-state index in [2.05, 4.69) is 16.0 Å². The molecule has 0 heterocycles. The van der Waals surface area contributed by atoms with E-state index in [1.807, 2.05) is 0 Å². The molecule has 0 aliphatic carbocycles. The van der Waals surface area contributed by atoms with Crippen molar-refractivity contribution in [1.29, 1.82) is 0 Å². The molecule has 0 saturated heterocycles. The van der Waals surface area contributed by atoms with Crippen molar-refractivity contribution in [2.24, 2.45) is 17.4 Å². The lowest BCUT2D eigenvalue weighted by Crippen LogP contribution is -2.59. The first-order valence-electron chi connectivity index (χ1n) is 8.80. The number of nitrogens with two attached hydrogens (primary N) is 2. The highest BCUT2D eigenvalue weighted by molar-refractivity contribution is 5.96. The van der Waals surface area contributed by atoms with Crippen LogP contribution in [0.5, 0.6) is 0 Å². The summed E-state index contributed by atoms with van der Waals surface area (Å²) in [5.41, 5.74) is 10.3. The van der Waals surface area contributed by atoms with Crippen molar-refractivity contribution >= 4 is 35.6 Å². The van der Waals surface area contributed by atoms with Gasteiger partial charge in [0.15, 0.2) is 0 Å². The van der Waals surface area contributed by atoms with Crippen LogP contribution in [0.2, 0.25) is 0 Å². The van der Waals surface area contributed by atoms with Gasteiger partial charge in [-0.1, -0.05) is 13.8 Å². The monoisotopic (exact) mass is 433 g/mol. The first-order valence-corrected chi connectivity index (χ1v) is 8.80. The fourth-order valence-electron chi connectivity index (χ4n) is 2.20. The molecule has 4 unspecified atom stereocenters. The molecule has 0 aromatic heterocycles. The Kier molecular flexibility index (Phi) is 11.0. The van der Waals surface area contributed by atoms with Crippen LogP contribution in [0.3, 0.4) is 0 Å². The predicted octanol–water partition coefficient (Wildman–Crippen LogP) is -4.15. The highest BCUT2D eigenvalue weighted by Crippen LogP contribution is 2.06. The quantitative estimate of drug-likeness (QED) is 0.139. The lowest BCUT2D eigenvalue weighted by Gasteiger charge is -2.26. The largest absolute Gasteiger partial charge is 0.481 e. The summed E-state index contributed by atoms with van der Waals surface area (Å²) in [6.45, 7) is 2.28. The number of carbonyl (C=O) groups is 6. The molecule has 30 heavy (non-hydrogen) atoms. The molecule has 4 atom stereocenters. The van der Waals surface area contributed by atoms with E-state index in [1.165, 1.54) is 13.8 Å². The van der Waals surface area contributed by atoms with Gasteiger partial charge in [-0.3, -0.25) is 24.0 Å². The Labute approximate surface area is 171 Å². The van der Waals surface area contributed by atoms with Gasteiger partial charge in [0.1, 0.15) is 24.2 Å². The lowest BCUT2D eigenvalue weighted by molar-refractivity contribution is -0.144. The summed E-state index contributed by atoms with van der Waals surface area (Å²) in [6.07, 6.45) is -1.53. The fourth-order valence-corrected chi connectivity index (χ4v) is 2.20. The number of aliphatic hydroxyl groups is 1. The number of carboxylic acids is 2. The van der Waals surface area contributed by atoms with Crippen LogP contribution < -0.4 is 27.4 Å². The maximum Gasteiger partial charge on any atom is 0.326 e. The van der Waals surface area contributed by atoms with Crippen molar-refractivity contribution < 1.29 is 44.1 Å². The summed E-state index contributed by atoms with van der Waals surface area (Å²) < 4.78 is 0. The molecule has 14 nitrogen and oxygen atoms in total. The Morgan fingerprint density at radius 1 is 0.833 bits per heavy atom. The van der Waals surface area contributed by atoms with E-state index in [9.17, 15) is 28.8 Å². The van der Waals surface area contributed by atoms with Gasteiger partial charge in [0.05, 0.1) is 19.4 Å². The Hall–Kier alpha value is -3.26. The Morgan fingerprint density at radius 2 is 1.37 bits per heavy atom. The van der Waals surface area contributed by atoms with Crippen LogP contribution in [0, 0.1) is 5.92 Å². The molecule has 0 radical (unpaired) electrons. The van der Waals surface area contributed by atoms with E-state index in [0.29, 0.717) is 0 Å². The van der Waals surface area contributed by atoms with Crippen LogP contribution in [0.4, 0.5) is 0 Å². The fraction of sp³-hybridized carbons (Fsp3) is 0.625. The van der Waals surface area contributed by atoms with Gasteiger partial charge in [-0.25, -0.2) is 4.79 Å². The Bertz CT molecular complexity index is 682. The van der Waals surface area contributed by atoms with Gasteiger partial charge in [0.2, 0.25) is 23.6 Å². The first kappa shape index (κ1) is 26.7. The minimum absolute atomic E-state index is 0.585. The zero-order chi connectivity index (χ0) is 23.6. The average molecular weight is 433 g/mol. The zero-order valence-corrected chi connectivity index (χ0v) is 16.5. The van der Waals surface area contributed by atoms with Crippen molar-refractivity contribution in [3.8, 4) is 0 Å². The van der Waals surface area contributed by atoms with Gasteiger partial charge < -0.3 is 42.7 Å². The molecule has 0 aromatic carbocycles. The standard InChI is InChI=1S/C16H27N5O9/c1-6(2)12(15(28)20-9(16(29)30)3-10(18)23)21-14(27)8(4-11(24)25)19-13(26)7(17)5-22/h6-9,12,22H,3-5,17H2,1-2H3,(H2,18,23)(H,19,26)(H,20,28)(H,21,27)(H,24,25)(H,29,30). The smallest absolute Gasteiger partial charge is 0.326 e. The minimum atomic E-state index is -1.63. The van der Waals surface area contributed by atoms with Crippen LogP contribution in [0.25, 0.3) is 0 Å². The molecule has 4 amide bonds. The molecule has 0 spiro atoms. The number of rotatable bonds is 13. The van der Waals surface area contributed by atoms with Crippen LogP contribution in [-0.2, 0) is 28.8 Å². The summed E-state index contributed by atoms with van der Waals surface area (Å²) >= 11 is 0. The summed E-state index contributed by atoms with van der Waals surface area (Å²) in [5.74, 6) is -7.52. The molecule has 0 aliphatic rings. The number of amides is 4. The molecule has 0 bridgehead atoms. The summed E-state index contributed by atoms with van der Waals surface area (Å²) in [7, 11) is 0. The Balaban J connectivity index is 5.42. The topological polar surface area (TPSA) is 251 Å². The third-order valence-corrected chi connectivity index (χ3v) is 3.81. The highest BCUT2D eigenvalue weighted by atomic mass is 16.4. The zero-order valence-electron chi connectivity index (χ0n) is 16.5. The number of aliphatic carboxylic acids is 2. The maximum absolute atomic E-state index is 12.5. The molecule has 0 saturated carbocycles. The van der Waals surface area contributed by atoms with Crippen molar-refractivity contribution in [3.63, 3.8) is 0 Å². The number of aliphatic hydroxyl groups excluding tert-OH is 1. The van der Waals surface area contributed by atoms with Crippen molar-refractivity contribution in [2.45, 2.75) is 50.9 Å². The number of hydrogen-bond donors (Lipinski definition) is 8. The minimum Gasteiger partial charge on any atom is -0.481 e. The van der Waals surface area contributed by atoms with Gasteiger partial charge in [-0.2, -0.15) is 0 Å². The summed E-state index contributed by atoms with van der Waals surface area (Å²) in [6, 6.07) is -5.98. The second kappa shape index (κ2) is 12.3. The number of nitrogens with one attached hydrogen (secondary N) is 3. The van der Waals surface area contributed by atoms with Crippen molar-refractivity contribution in [2.75, 3.05) is 6.61 Å². The van der Waals surface area contributed by atoms with Gasteiger partial charge in [0.25, 0.3) is 0 Å². The number of carbonyl (C=O) groups excluding carboxylic acids is 4. The molecule has 0 aliphatic heterocycles. The van der Waals surface area contributed by atoms with E-state index in [1.54, 1.807) is 0 Å². The van der Waals surface area contributed by atoms with Gasteiger partial charge in [-0.05, 0) is 5.92 Å². The molecule has 0 rings (SSSR count). The third-order valence-electron chi connectivity index (χ3n) is 3.81. The predicted molar refractivity (Wildman–Crippen MR) is 99.4 cm³/mol. The number of carboxylic acid groups (broad SMARTS) is 2. The lowest BCUT2D eigenvalue weighted by atomic mass is 10.0. The second-order valence-corrected chi connectivity index (χ2v) is 6.75. The van der Waals surface area contributed by atoms with Gasteiger partial charge >= 0.3 is 11.9 Å². The average Bonchev–Trinajstić information content (AvgIpc) is 2.62. The SMILES string of the molecule is CC(C)C(NC(=O)C(CC(=O)O)NC(=O)C(N)CO)C(=O)NC(CC(N)=O)C(=O)O. The molecule has 10 N–H and O–H groups in total. The van der Waals surface area contributed by atoms with Crippen LogP contribution >= 0.6 is 0 Å². The highest BCUT2D eigenvalue weighted by Gasteiger charge is 2.33. The summed E-state index contributed by atoms with van der Waals surface area (Å²) in [5, 5.41) is 33.3. The van der Waals surface area contributed by atoms with E-state index in [-0.39, 0.29) is 0 Å². The Morgan fingerprint density at radius 3 is 1.77 bits per heavy atom. The van der Waals surface area contributed by atoms with Crippen molar-refractivity contribution in [1.82, 2.24) is 16.0 Å². The molecular weight excluding hydrogens is 406 g/mol. The van der Waals surface area contributed by atoms with Crippen LogP contribution in [0.15, 0.2) is 0 Å². The number of primary amides is 1. The van der Waals surface area contributed by atoms with Gasteiger partial charge in [-0.15, -0.1) is 0 Å². The third kappa shape index (κ3) is 9.29. The van der Waals surface area contributed by atoms with E-state index < -0.39 is 85.1 Å². The van der Waals surface area contributed by atoms with Crippen LogP contribution in [-0.4, -0.2) is 81.7 Å². The molecule has 14 heteroatoms. The molecule has 0 aromatic rings. The number of hydrogen-bond acceptors (Lipinski definition) is 8. The first-order chi connectivity index (χ1) is 13.8. The van der Waals surface area contributed by atoms with E-state index >= 15 is 0 Å². The van der Waals surface area contributed by atoms with Gasteiger partial charge in [0, 0.05) is 0 Å². The molecular formula is C16H27N5O9. The normalized spacial score (nSPS) is 14.7. The van der Waals surface area contributed by atoms with E-state index in [4.69, 9.17) is 26.8 Å². The molecule has 0 fully saturated rings. The maximum atomic E-state index is 12.5. The summed E-state index contributed by atoms with van der Waals surface area (Å²) in [4.78, 5) is 69.9. The van der Waals surface area contributed by atoms with Crippen LogP contribution in [0.1, 0.15) is 26.7 Å². The molecule has 170 valence electrons. The van der Waals surface area contributed by atoms with Crippen molar-refractivity contribution in [3.05, 3.63) is 0 Å². The second-order valence-electron chi connectivity index (χ2n) is 6.75. The van der Waals surface area contributed by atoms with E-state index in [0.717, 1.165) is 0 Å².